The van der Waals surface area contributed by atoms with Crippen molar-refractivity contribution in [3.05, 3.63) is 64.6 Å². The van der Waals surface area contributed by atoms with Crippen molar-refractivity contribution in [2.45, 2.75) is 6.92 Å². The Hall–Kier alpha value is -3.06. The highest BCUT2D eigenvalue weighted by Gasteiger charge is 2.26. The molecule has 0 spiro atoms. The van der Waals surface area contributed by atoms with Crippen LogP contribution >= 0.6 is 11.8 Å². The maximum Gasteiger partial charge on any atom is 0.264 e. The Kier molecular flexibility index (Phi) is 4.58. The highest BCUT2D eigenvalue weighted by molar-refractivity contribution is 8.18. The van der Waals surface area contributed by atoms with Gasteiger partial charge in [-0.3, -0.25) is 9.59 Å². The predicted molar refractivity (Wildman–Crippen MR) is 98.5 cm³/mol. The van der Waals surface area contributed by atoms with Gasteiger partial charge in [-0.1, -0.05) is 24.3 Å². The average Bonchev–Trinajstić information content (AvgIpc) is 2.95. The molecule has 1 aliphatic heterocycles. The van der Waals surface area contributed by atoms with Gasteiger partial charge in [-0.25, -0.2) is 4.99 Å². The lowest BCUT2D eigenvalue weighted by molar-refractivity contribution is -0.115. The summed E-state index contributed by atoms with van der Waals surface area (Å²) in [6.45, 7) is 1.83. The highest BCUT2D eigenvalue weighted by Crippen LogP contribution is 2.33. The molecular formula is C18H15N3O3S. The second-order valence-electron chi connectivity index (χ2n) is 5.36. The third kappa shape index (κ3) is 3.56. The lowest BCUT2D eigenvalue weighted by Crippen LogP contribution is -2.20. The van der Waals surface area contributed by atoms with Crippen LogP contribution in [0.1, 0.15) is 22.8 Å². The summed E-state index contributed by atoms with van der Waals surface area (Å²) < 4.78 is 0. The summed E-state index contributed by atoms with van der Waals surface area (Å²) in [5.74, 6) is -0.674. The van der Waals surface area contributed by atoms with Crippen molar-refractivity contribution in [2.75, 3.05) is 0 Å². The highest BCUT2D eigenvalue weighted by atomic mass is 32.2. The van der Waals surface area contributed by atoms with Crippen LogP contribution in [0.25, 0.3) is 5.57 Å². The van der Waals surface area contributed by atoms with Crippen LogP contribution in [0.4, 0.5) is 5.69 Å². The Morgan fingerprint density at radius 3 is 2.52 bits per heavy atom. The molecule has 2 aromatic carbocycles. The summed E-state index contributed by atoms with van der Waals surface area (Å²) in [5.41, 5.74) is 7.64. The van der Waals surface area contributed by atoms with E-state index in [0.717, 1.165) is 11.1 Å². The first kappa shape index (κ1) is 16.8. The van der Waals surface area contributed by atoms with Gasteiger partial charge in [0.25, 0.3) is 11.8 Å². The van der Waals surface area contributed by atoms with Gasteiger partial charge in [0.1, 0.15) is 5.75 Å². The van der Waals surface area contributed by atoms with Crippen LogP contribution in [-0.2, 0) is 4.79 Å². The Morgan fingerprint density at radius 2 is 1.84 bits per heavy atom. The first-order valence-corrected chi connectivity index (χ1v) is 8.24. The fourth-order valence-corrected chi connectivity index (χ4v) is 3.25. The summed E-state index contributed by atoms with van der Waals surface area (Å²) in [5, 5.41) is 12.5. The number of phenols is 1. The summed E-state index contributed by atoms with van der Waals surface area (Å²) in [7, 11) is 0. The molecule has 25 heavy (non-hydrogen) atoms. The van der Waals surface area contributed by atoms with E-state index in [1.165, 1.54) is 11.8 Å². The molecule has 0 saturated carbocycles. The van der Waals surface area contributed by atoms with E-state index in [0.29, 0.717) is 15.8 Å². The Morgan fingerprint density at radius 1 is 1.16 bits per heavy atom. The lowest BCUT2D eigenvalue weighted by Gasteiger charge is -2.04. The molecule has 0 bridgehead atoms. The predicted octanol–water partition coefficient (Wildman–Crippen LogP) is 2.77. The molecule has 0 aliphatic carbocycles. The van der Waals surface area contributed by atoms with Gasteiger partial charge in [0.15, 0.2) is 5.17 Å². The van der Waals surface area contributed by atoms with Crippen molar-refractivity contribution in [3.8, 4) is 5.75 Å². The summed E-state index contributed by atoms with van der Waals surface area (Å²) in [6, 6.07) is 13.3. The minimum absolute atomic E-state index is 0.162. The summed E-state index contributed by atoms with van der Waals surface area (Å²) >= 11 is 1.20. The number of nitrogens with two attached hydrogens (primary N) is 1. The number of amidine groups is 1. The SMILES string of the molecule is C/C(=C1/SC(=Nc2ccccc2C(N)=O)NC1=O)c1ccc(O)cc1. The van der Waals surface area contributed by atoms with Crippen LogP contribution in [0.3, 0.4) is 0 Å². The van der Waals surface area contributed by atoms with E-state index in [4.69, 9.17) is 5.73 Å². The number of benzene rings is 2. The Balaban J connectivity index is 1.94. The summed E-state index contributed by atoms with van der Waals surface area (Å²) in [4.78, 5) is 28.6. The molecule has 2 aromatic rings. The van der Waals surface area contributed by atoms with Gasteiger partial charge in [0.05, 0.1) is 16.2 Å². The van der Waals surface area contributed by atoms with E-state index >= 15 is 0 Å². The Bertz CT molecular complexity index is 917. The van der Waals surface area contributed by atoms with Gasteiger partial charge in [-0.05, 0) is 54.1 Å². The number of rotatable bonds is 3. The molecule has 2 amide bonds. The number of nitrogens with one attached hydrogen (secondary N) is 1. The normalized spacial score (nSPS) is 17.5. The molecular weight excluding hydrogens is 338 g/mol. The maximum absolute atomic E-state index is 12.3. The van der Waals surface area contributed by atoms with E-state index < -0.39 is 5.91 Å². The van der Waals surface area contributed by atoms with Crippen molar-refractivity contribution < 1.29 is 14.7 Å². The van der Waals surface area contributed by atoms with Crippen LogP contribution in [0, 0.1) is 0 Å². The second kappa shape index (κ2) is 6.82. The molecule has 1 heterocycles. The molecule has 1 fully saturated rings. The zero-order chi connectivity index (χ0) is 18.0. The van der Waals surface area contributed by atoms with Crippen molar-refractivity contribution >= 4 is 40.0 Å². The van der Waals surface area contributed by atoms with Gasteiger partial charge >= 0.3 is 0 Å². The van der Waals surface area contributed by atoms with Gasteiger partial charge in [-0.2, -0.15) is 0 Å². The molecule has 1 aliphatic rings. The molecule has 1 saturated heterocycles. The molecule has 0 radical (unpaired) electrons. The third-order valence-corrected chi connectivity index (χ3v) is 4.74. The number of hydrogen-bond acceptors (Lipinski definition) is 5. The molecule has 6 nitrogen and oxygen atoms in total. The van der Waals surface area contributed by atoms with Gasteiger partial charge in [0.2, 0.25) is 0 Å². The van der Waals surface area contributed by atoms with E-state index in [-0.39, 0.29) is 17.2 Å². The van der Waals surface area contributed by atoms with E-state index in [9.17, 15) is 14.7 Å². The first-order valence-electron chi connectivity index (χ1n) is 7.42. The van der Waals surface area contributed by atoms with Crippen LogP contribution in [-0.4, -0.2) is 22.1 Å². The van der Waals surface area contributed by atoms with Gasteiger partial charge < -0.3 is 16.2 Å². The monoisotopic (exact) mass is 353 g/mol. The number of aromatic hydroxyl groups is 1. The van der Waals surface area contributed by atoms with E-state index in [1.807, 2.05) is 6.92 Å². The zero-order valence-corrected chi connectivity index (χ0v) is 14.1. The number of nitrogens with zero attached hydrogens (tertiary/aromatic N) is 1. The van der Waals surface area contributed by atoms with Crippen LogP contribution in [0.2, 0.25) is 0 Å². The number of primary amides is 1. The smallest absolute Gasteiger partial charge is 0.264 e. The van der Waals surface area contributed by atoms with Crippen molar-refractivity contribution in [1.29, 1.82) is 0 Å². The number of allylic oxidation sites excluding steroid dienone is 1. The van der Waals surface area contributed by atoms with Crippen molar-refractivity contribution in [1.82, 2.24) is 5.32 Å². The lowest BCUT2D eigenvalue weighted by atomic mass is 10.1. The third-order valence-electron chi connectivity index (χ3n) is 3.66. The minimum atomic E-state index is -0.578. The number of thioether (sulfide) groups is 1. The second-order valence-corrected chi connectivity index (χ2v) is 6.35. The molecule has 4 N–H and O–H groups in total. The number of carbonyl (C=O) groups is 2. The van der Waals surface area contributed by atoms with Crippen LogP contribution in [0.15, 0.2) is 58.4 Å². The number of amides is 2. The van der Waals surface area contributed by atoms with E-state index in [1.54, 1.807) is 48.5 Å². The largest absolute Gasteiger partial charge is 0.508 e. The van der Waals surface area contributed by atoms with Crippen molar-refractivity contribution in [3.63, 3.8) is 0 Å². The van der Waals surface area contributed by atoms with E-state index in [2.05, 4.69) is 10.3 Å². The minimum Gasteiger partial charge on any atom is -0.508 e. The van der Waals surface area contributed by atoms with Gasteiger partial charge in [0, 0.05) is 0 Å². The quantitative estimate of drug-likeness (QED) is 0.738. The molecule has 0 aromatic heterocycles. The average molecular weight is 353 g/mol. The number of aliphatic imine (C=N–C) groups is 1. The molecule has 0 atom stereocenters. The van der Waals surface area contributed by atoms with Crippen LogP contribution in [0.5, 0.6) is 5.75 Å². The maximum atomic E-state index is 12.3. The fraction of sp³-hybridized carbons (Fsp3) is 0.0556. The summed E-state index contributed by atoms with van der Waals surface area (Å²) in [6.07, 6.45) is 0. The van der Waals surface area contributed by atoms with Gasteiger partial charge in [-0.15, -0.1) is 0 Å². The van der Waals surface area contributed by atoms with Crippen LogP contribution < -0.4 is 11.1 Å². The molecule has 126 valence electrons. The number of para-hydroxylation sites is 1. The molecule has 3 rings (SSSR count). The standard InChI is InChI=1S/C18H15N3O3S/c1-10(11-6-8-12(22)9-7-11)15-17(24)21-18(25-15)20-14-5-3-2-4-13(14)16(19)23/h2-9,22H,1H3,(H2,19,23)(H,20,21,24)/b15-10-. The number of hydrogen-bond donors (Lipinski definition) is 3. The Labute approximate surface area is 148 Å². The number of carbonyl (C=O) groups excluding carboxylic acids is 2. The zero-order valence-electron chi connectivity index (χ0n) is 13.3. The fourth-order valence-electron chi connectivity index (χ4n) is 2.35. The first-order chi connectivity index (χ1) is 12.0. The molecule has 7 heteroatoms. The number of phenolic OH excluding ortho intramolecular Hbond substituents is 1. The van der Waals surface area contributed by atoms with Crippen molar-refractivity contribution in [2.24, 2.45) is 10.7 Å². The molecule has 0 unspecified atom stereocenters. The topological polar surface area (TPSA) is 105 Å².